The Kier molecular flexibility index (Phi) is 7.82. The Bertz CT molecular complexity index is 1490. The van der Waals surface area contributed by atoms with Gasteiger partial charge in [-0.2, -0.15) is 5.10 Å². The summed E-state index contributed by atoms with van der Waals surface area (Å²) in [6, 6.07) is 9.51. The highest BCUT2D eigenvalue weighted by Gasteiger charge is 2.13. The van der Waals surface area contributed by atoms with Gasteiger partial charge in [0.2, 0.25) is 11.7 Å². The molecule has 192 valence electrons. The Morgan fingerprint density at radius 3 is 2.54 bits per heavy atom. The summed E-state index contributed by atoms with van der Waals surface area (Å²) < 4.78 is 32.4. The van der Waals surface area contributed by atoms with E-state index in [-0.39, 0.29) is 30.4 Å². The molecule has 0 aliphatic heterocycles. The van der Waals surface area contributed by atoms with Gasteiger partial charge < -0.3 is 19.5 Å². The number of hydrogen-bond acceptors (Lipinski definition) is 7. The number of rotatable bonds is 10. The van der Waals surface area contributed by atoms with Crippen LogP contribution in [0, 0.1) is 5.82 Å². The molecule has 0 bridgehead atoms. The summed E-state index contributed by atoms with van der Waals surface area (Å²) >= 11 is 0. The maximum absolute atomic E-state index is 13.5. The third-order valence-electron chi connectivity index (χ3n) is 5.60. The van der Waals surface area contributed by atoms with Crippen LogP contribution >= 0.6 is 0 Å². The van der Waals surface area contributed by atoms with Gasteiger partial charge >= 0.3 is 0 Å². The van der Waals surface area contributed by atoms with Crippen LogP contribution in [0.15, 0.2) is 59.8 Å². The van der Waals surface area contributed by atoms with Crippen LogP contribution in [-0.4, -0.2) is 53.1 Å². The van der Waals surface area contributed by atoms with Crippen LogP contribution in [0.1, 0.15) is 11.1 Å². The molecule has 1 N–H and O–H groups in total. The molecule has 0 saturated heterocycles. The fourth-order valence-corrected chi connectivity index (χ4v) is 3.82. The Balaban J connectivity index is 1.39. The minimum Gasteiger partial charge on any atom is -0.493 e. The van der Waals surface area contributed by atoms with Crippen molar-refractivity contribution in [2.75, 3.05) is 27.9 Å². The van der Waals surface area contributed by atoms with Crippen LogP contribution in [0.4, 0.5) is 4.39 Å². The molecular weight excluding hydrogens is 481 g/mol. The topological polar surface area (TPSA) is 110 Å². The minimum absolute atomic E-state index is 0.194. The van der Waals surface area contributed by atoms with E-state index >= 15 is 0 Å². The van der Waals surface area contributed by atoms with Crippen molar-refractivity contribution in [1.82, 2.24) is 24.6 Å². The molecule has 0 aliphatic rings. The first kappa shape index (κ1) is 25.4. The number of amides is 1. The van der Waals surface area contributed by atoms with Crippen molar-refractivity contribution in [3.63, 3.8) is 0 Å². The molecule has 0 unspecified atom stereocenters. The molecular formula is C26H26FN5O5. The third kappa shape index (κ3) is 5.77. The number of benzene rings is 2. The normalized spacial score (nSPS) is 11.1. The molecule has 2 aromatic carbocycles. The number of carbonyl (C=O) groups is 1. The number of nitrogens with zero attached hydrogens (tertiary/aromatic N) is 4. The lowest BCUT2D eigenvalue weighted by Gasteiger charge is -2.12. The summed E-state index contributed by atoms with van der Waals surface area (Å²) in [6.07, 6.45) is 5.88. The molecule has 4 rings (SSSR count). The second kappa shape index (κ2) is 11.4. The van der Waals surface area contributed by atoms with Gasteiger partial charge in [-0.15, -0.1) is 0 Å². The van der Waals surface area contributed by atoms with Crippen molar-refractivity contribution in [3.05, 3.63) is 82.3 Å². The number of hydrogen-bond donors (Lipinski definition) is 1. The van der Waals surface area contributed by atoms with Gasteiger partial charge in [-0.3, -0.25) is 14.2 Å². The van der Waals surface area contributed by atoms with Gasteiger partial charge in [-0.05, 0) is 41.5 Å². The van der Waals surface area contributed by atoms with Crippen LogP contribution in [-0.2, 0) is 17.9 Å². The zero-order valence-corrected chi connectivity index (χ0v) is 20.6. The second-order valence-electron chi connectivity index (χ2n) is 8.00. The second-order valence-corrected chi connectivity index (χ2v) is 8.00. The highest BCUT2D eigenvalue weighted by molar-refractivity contribution is 5.91. The van der Waals surface area contributed by atoms with Gasteiger partial charge in [0.15, 0.2) is 17.1 Å². The summed E-state index contributed by atoms with van der Waals surface area (Å²) in [4.78, 5) is 29.5. The zero-order valence-electron chi connectivity index (χ0n) is 20.6. The monoisotopic (exact) mass is 507 g/mol. The molecule has 0 fully saturated rings. The van der Waals surface area contributed by atoms with Gasteiger partial charge in [0.1, 0.15) is 17.5 Å². The fraction of sp³-hybridized carbons (Fsp3) is 0.231. The Morgan fingerprint density at radius 1 is 1.11 bits per heavy atom. The van der Waals surface area contributed by atoms with Crippen molar-refractivity contribution in [2.24, 2.45) is 0 Å². The van der Waals surface area contributed by atoms with E-state index in [2.05, 4.69) is 15.4 Å². The number of halogens is 1. The molecule has 37 heavy (non-hydrogen) atoms. The molecule has 1 amide bonds. The Hall–Kier alpha value is -4.67. The Morgan fingerprint density at radius 2 is 1.86 bits per heavy atom. The Labute approximate surface area is 211 Å². The molecule has 0 radical (unpaired) electrons. The molecule has 0 spiro atoms. The number of carbonyl (C=O) groups excluding carboxylic acids is 1. The first-order chi connectivity index (χ1) is 17.9. The average molecular weight is 508 g/mol. The van der Waals surface area contributed by atoms with Gasteiger partial charge in [0.25, 0.3) is 5.56 Å². The fourth-order valence-electron chi connectivity index (χ4n) is 3.82. The van der Waals surface area contributed by atoms with E-state index in [9.17, 15) is 14.0 Å². The van der Waals surface area contributed by atoms with Crippen molar-refractivity contribution in [2.45, 2.75) is 13.1 Å². The van der Waals surface area contributed by atoms with Crippen LogP contribution in [0.25, 0.3) is 17.1 Å². The van der Waals surface area contributed by atoms with E-state index in [1.165, 1.54) is 56.6 Å². The molecule has 2 heterocycles. The van der Waals surface area contributed by atoms with Crippen LogP contribution in [0.5, 0.6) is 17.2 Å². The molecule has 0 atom stereocenters. The molecule has 2 aromatic heterocycles. The van der Waals surface area contributed by atoms with E-state index in [4.69, 9.17) is 14.2 Å². The molecule has 11 heteroatoms. The first-order valence-electron chi connectivity index (χ1n) is 11.3. The highest BCUT2D eigenvalue weighted by Crippen LogP contribution is 2.38. The summed E-state index contributed by atoms with van der Waals surface area (Å²) in [5.41, 5.74) is 1.47. The number of fused-ring (bicyclic) bond motifs is 1. The van der Waals surface area contributed by atoms with E-state index in [1.54, 1.807) is 35.0 Å². The number of ether oxygens (including phenoxy) is 3. The molecule has 0 saturated carbocycles. The zero-order chi connectivity index (χ0) is 26.4. The number of aromatic nitrogens is 4. The van der Waals surface area contributed by atoms with Crippen LogP contribution < -0.4 is 25.1 Å². The van der Waals surface area contributed by atoms with Crippen molar-refractivity contribution in [1.29, 1.82) is 0 Å². The largest absolute Gasteiger partial charge is 0.493 e. The van der Waals surface area contributed by atoms with E-state index in [0.29, 0.717) is 46.0 Å². The lowest BCUT2D eigenvalue weighted by Crippen LogP contribution is -2.26. The third-order valence-corrected chi connectivity index (χ3v) is 5.60. The smallest absolute Gasteiger partial charge is 0.264 e. The van der Waals surface area contributed by atoms with Crippen molar-refractivity contribution < 1.29 is 23.4 Å². The van der Waals surface area contributed by atoms with Crippen molar-refractivity contribution >= 4 is 23.0 Å². The summed E-state index contributed by atoms with van der Waals surface area (Å²) in [5.74, 6) is 0.751. The van der Waals surface area contributed by atoms with Gasteiger partial charge in [0, 0.05) is 12.6 Å². The summed E-state index contributed by atoms with van der Waals surface area (Å²) in [5, 5.41) is 7.35. The predicted molar refractivity (Wildman–Crippen MR) is 135 cm³/mol. The van der Waals surface area contributed by atoms with E-state index < -0.39 is 0 Å². The number of methoxy groups -OCH3 is 3. The van der Waals surface area contributed by atoms with Gasteiger partial charge in [-0.1, -0.05) is 12.1 Å². The maximum Gasteiger partial charge on any atom is 0.264 e. The highest BCUT2D eigenvalue weighted by atomic mass is 19.1. The summed E-state index contributed by atoms with van der Waals surface area (Å²) in [7, 11) is 4.56. The average Bonchev–Trinajstić information content (AvgIpc) is 3.32. The molecule has 10 nitrogen and oxygen atoms in total. The van der Waals surface area contributed by atoms with E-state index in [1.807, 2.05) is 0 Å². The van der Waals surface area contributed by atoms with Crippen LogP contribution in [0.3, 0.4) is 0 Å². The SMILES string of the molecule is COc1cc(C=CC(=O)NCCn2ncc3c(=O)n(Cc4cccc(F)c4)cnc32)cc(OC)c1OC. The quantitative estimate of drug-likeness (QED) is 0.329. The summed E-state index contributed by atoms with van der Waals surface area (Å²) in [6.45, 7) is 0.774. The number of nitrogens with one attached hydrogen (secondary N) is 1. The lowest BCUT2D eigenvalue weighted by atomic mass is 10.1. The maximum atomic E-state index is 13.5. The lowest BCUT2D eigenvalue weighted by molar-refractivity contribution is -0.116. The van der Waals surface area contributed by atoms with Gasteiger partial charge in [-0.25, -0.2) is 14.1 Å². The minimum atomic E-state index is -0.368. The molecule has 0 aliphatic carbocycles. The van der Waals surface area contributed by atoms with Gasteiger partial charge in [0.05, 0.1) is 40.6 Å². The van der Waals surface area contributed by atoms with Crippen LogP contribution in [0.2, 0.25) is 0 Å². The van der Waals surface area contributed by atoms with Crippen molar-refractivity contribution in [3.8, 4) is 17.2 Å². The van der Waals surface area contributed by atoms with E-state index in [0.717, 1.165) is 0 Å². The predicted octanol–water partition coefficient (Wildman–Crippen LogP) is 2.64. The first-order valence-corrected chi connectivity index (χ1v) is 11.3. The molecule has 4 aromatic rings. The standard InChI is InChI=1S/C26H26FN5O5/c1-35-21-12-17(13-22(36-2)24(21)37-3)7-8-23(33)28-9-10-32-25-20(14-30-32)26(34)31(16-29-25)15-18-5-4-6-19(27)11-18/h4-8,11-14,16H,9-10,15H2,1-3H3,(H,28,33).